The van der Waals surface area contributed by atoms with Crippen LogP contribution in [0.5, 0.6) is 0 Å². The van der Waals surface area contributed by atoms with E-state index in [9.17, 15) is 4.39 Å². The van der Waals surface area contributed by atoms with Gasteiger partial charge in [-0.3, -0.25) is 0 Å². The van der Waals surface area contributed by atoms with E-state index in [-0.39, 0.29) is 5.82 Å². The number of anilines is 1. The van der Waals surface area contributed by atoms with Crippen molar-refractivity contribution in [1.29, 1.82) is 0 Å². The molecule has 0 aliphatic rings. The molecule has 1 aromatic heterocycles. The van der Waals surface area contributed by atoms with Crippen LogP contribution in [0.25, 0.3) is 22.2 Å². The van der Waals surface area contributed by atoms with Gasteiger partial charge in [-0.05, 0) is 48.5 Å². The molecule has 2 nitrogen and oxygen atoms in total. The van der Waals surface area contributed by atoms with Crippen molar-refractivity contribution >= 4 is 16.6 Å². The van der Waals surface area contributed by atoms with Gasteiger partial charge in [0.1, 0.15) is 5.82 Å². The number of nitrogens with two attached hydrogens (primary N) is 1. The number of nitrogen functional groups attached to an aromatic ring is 1. The zero-order chi connectivity index (χ0) is 12.5. The highest BCUT2D eigenvalue weighted by atomic mass is 19.1. The molecule has 88 valence electrons. The van der Waals surface area contributed by atoms with E-state index in [1.54, 1.807) is 12.1 Å². The van der Waals surface area contributed by atoms with Crippen LogP contribution in [0.2, 0.25) is 0 Å². The Kier molecular flexibility index (Phi) is 2.45. The second kappa shape index (κ2) is 4.11. The predicted molar refractivity (Wildman–Crippen MR) is 71.5 cm³/mol. The summed E-state index contributed by atoms with van der Waals surface area (Å²) in [6.07, 6.45) is 0. The van der Waals surface area contributed by atoms with Crippen molar-refractivity contribution in [3.8, 4) is 11.3 Å². The molecule has 0 aliphatic carbocycles. The first kappa shape index (κ1) is 10.7. The molecule has 3 rings (SSSR count). The van der Waals surface area contributed by atoms with Crippen molar-refractivity contribution < 1.29 is 4.39 Å². The van der Waals surface area contributed by atoms with E-state index in [0.29, 0.717) is 5.69 Å². The van der Waals surface area contributed by atoms with E-state index in [2.05, 4.69) is 4.98 Å². The van der Waals surface area contributed by atoms with Crippen LogP contribution in [0, 0.1) is 5.82 Å². The molecule has 0 aliphatic heterocycles. The molecule has 3 aromatic rings. The summed E-state index contributed by atoms with van der Waals surface area (Å²) in [6.45, 7) is 0. The first-order valence-corrected chi connectivity index (χ1v) is 5.65. The molecule has 1 heterocycles. The van der Waals surface area contributed by atoms with Gasteiger partial charge in [0.05, 0.1) is 11.2 Å². The Hall–Kier alpha value is -2.42. The molecule has 0 saturated heterocycles. The highest BCUT2D eigenvalue weighted by molar-refractivity contribution is 5.91. The fourth-order valence-corrected chi connectivity index (χ4v) is 1.96. The lowest BCUT2D eigenvalue weighted by Gasteiger charge is -2.05. The van der Waals surface area contributed by atoms with Gasteiger partial charge in [0, 0.05) is 16.6 Å². The lowest BCUT2D eigenvalue weighted by atomic mass is 10.1. The second-order valence-electron chi connectivity index (χ2n) is 4.12. The molecule has 18 heavy (non-hydrogen) atoms. The van der Waals surface area contributed by atoms with E-state index >= 15 is 0 Å². The summed E-state index contributed by atoms with van der Waals surface area (Å²) in [4.78, 5) is 4.53. The largest absolute Gasteiger partial charge is 0.398 e. The topological polar surface area (TPSA) is 38.9 Å². The van der Waals surface area contributed by atoms with Gasteiger partial charge >= 0.3 is 0 Å². The quantitative estimate of drug-likeness (QED) is 0.657. The molecule has 2 aromatic carbocycles. The van der Waals surface area contributed by atoms with Crippen LogP contribution in [0.3, 0.4) is 0 Å². The Bertz CT molecular complexity index is 705. The van der Waals surface area contributed by atoms with E-state index in [1.165, 1.54) is 12.1 Å². The predicted octanol–water partition coefficient (Wildman–Crippen LogP) is 3.62. The average Bonchev–Trinajstić information content (AvgIpc) is 2.39. The van der Waals surface area contributed by atoms with Crippen LogP contribution in [-0.2, 0) is 0 Å². The van der Waals surface area contributed by atoms with Crippen molar-refractivity contribution in [3.05, 3.63) is 60.4 Å². The van der Waals surface area contributed by atoms with Crippen molar-refractivity contribution in [2.75, 3.05) is 5.73 Å². The molecule has 2 N–H and O–H groups in total. The minimum atomic E-state index is -0.246. The van der Waals surface area contributed by atoms with Crippen molar-refractivity contribution in [3.63, 3.8) is 0 Å². The van der Waals surface area contributed by atoms with Crippen LogP contribution >= 0.6 is 0 Å². The third kappa shape index (κ3) is 1.80. The third-order valence-electron chi connectivity index (χ3n) is 2.91. The van der Waals surface area contributed by atoms with Crippen molar-refractivity contribution in [1.82, 2.24) is 4.98 Å². The highest BCUT2D eigenvalue weighted by Gasteiger charge is 2.03. The number of halogens is 1. The lowest BCUT2D eigenvalue weighted by molar-refractivity contribution is 0.628. The Balaban J connectivity index is 2.16. The van der Waals surface area contributed by atoms with E-state index in [4.69, 9.17) is 5.73 Å². The standard InChI is InChI=1S/C15H11FN2/c16-11-6-4-10(5-7-11)14-9-8-12-13(17)2-1-3-15(12)18-14/h1-9H,17H2. The molecule has 0 fully saturated rings. The maximum absolute atomic E-state index is 12.9. The summed E-state index contributed by atoms with van der Waals surface area (Å²) in [5, 5.41) is 0.934. The van der Waals surface area contributed by atoms with Crippen LogP contribution in [-0.4, -0.2) is 4.98 Å². The number of hydrogen-bond acceptors (Lipinski definition) is 2. The normalized spacial score (nSPS) is 10.7. The van der Waals surface area contributed by atoms with Crippen molar-refractivity contribution in [2.45, 2.75) is 0 Å². The number of pyridine rings is 1. The fraction of sp³-hybridized carbons (Fsp3) is 0. The van der Waals surface area contributed by atoms with Gasteiger partial charge in [0.25, 0.3) is 0 Å². The number of benzene rings is 2. The van der Waals surface area contributed by atoms with Crippen LogP contribution in [0.15, 0.2) is 54.6 Å². The summed E-state index contributed by atoms with van der Waals surface area (Å²) >= 11 is 0. The molecule has 0 spiro atoms. The van der Waals surface area contributed by atoms with Gasteiger partial charge < -0.3 is 5.73 Å². The Morgan fingerprint density at radius 2 is 1.67 bits per heavy atom. The first-order valence-electron chi connectivity index (χ1n) is 5.65. The minimum absolute atomic E-state index is 0.246. The summed E-state index contributed by atoms with van der Waals surface area (Å²) in [5.74, 6) is -0.246. The monoisotopic (exact) mass is 238 g/mol. The zero-order valence-electron chi connectivity index (χ0n) is 9.60. The number of hydrogen-bond donors (Lipinski definition) is 1. The van der Waals surface area contributed by atoms with E-state index in [1.807, 2.05) is 30.3 Å². The van der Waals surface area contributed by atoms with Crippen LogP contribution in [0.4, 0.5) is 10.1 Å². The van der Waals surface area contributed by atoms with Gasteiger partial charge in [0.2, 0.25) is 0 Å². The smallest absolute Gasteiger partial charge is 0.123 e. The molecular formula is C15H11FN2. The third-order valence-corrected chi connectivity index (χ3v) is 2.91. The van der Waals surface area contributed by atoms with Gasteiger partial charge in [-0.25, -0.2) is 9.37 Å². The van der Waals surface area contributed by atoms with E-state index < -0.39 is 0 Å². The molecule has 0 bridgehead atoms. The number of nitrogens with zero attached hydrogens (tertiary/aromatic N) is 1. The molecular weight excluding hydrogens is 227 g/mol. The maximum atomic E-state index is 12.9. The molecule has 0 amide bonds. The molecule has 0 radical (unpaired) electrons. The summed E-state index contributed by atoms with van der Waals surface area (Å²) in [5.41, 5.74) is 9.14. The molecule has 0 unspecified atom stereocenters. The van der Waals surface area contributed by atoms with Gasteiger partial charge in [-0.15, -0.1) is 0 Å². The minimum Gasteiger partial charge on any atom is -0.398 e. The van der Waals surface area contributed by atoms with Crippen LogP contribution < -0.4 is 5.73 Å². The summed E-state index contributed by atoms with van der Waals surface area (Å²) in [7, 11) is 0. The number of rotatable bonds is 1. The van der Waals surface area contributed by atoms with E-state index in [0.717, 1.165) is 22.2 Å². The summed E-state index contributed by atoms with van der Waals surface area (Å²) < 4.78 is 12.9. The summed E-state index contributed by atoms with van der Waals surface area (Å²) in [6, 6.07) is 15.8. The maximum Gasteiger partial charge on any atom is 0.123 e. The zero-order valence-corrected chi connectivity index (χ0v) is 9.60. The Morgan fingerprint density at radius 3 is 2.44 bits per heavy atom. The highest BCUT2D eigenvalue weighted by Crippen LogP contribution is 2.24. The lowest BCUT2D eigenvalue weighted by Crippen LogP contribution is -1.90. The Labute approximate surface area is 104 Å². The fourth-order valence-electron chi connectivity index (χ4n) is 1.96. The van der Waals surface area contributed by atoms with Crippen LogP contribution in [0.1, 0.15) is 0 Å². The SMILES string of the molecule is Nc1cccc2nc(-c3ccc(F)cc3)ccc12. The van der Waals surface area contributed by atoms with Gasteiger partial charge in [-0.2, -0.15) is 0 Å². The first-order chi connectivity index (χ1) is 8.74. The second-order valence-corrected chi connectivity index (χ2v) is 4.12. The van der Waals surface area contributed by atoms with Gasteiger partial charge in [-0.1, -0.05) is 6.07 Å². The average molecular weight is 238 g/mol. The van der Waals surface area contributed by atoms with Crippen molar-refractivity contribution in [2.24, 2.45) is 0 Å². The molecule has 0 atom stereocenters. The number of fused-ring (bicyclic) bond motifs is 1. The molecule has 0 saturated carbocycles. The number of aromatic nitrogens is 1. The molecule has 3 heteroatoms. The van der Waals surface area contributed by atoms with Gasteiger partial charge in [0.15, 0.2) is 0 Å². The Morgan fingerprint density at radius 1 is 0.889 bits per heavy atom.